The fourth-order valence-electron chi connectivity index (χ4n) is 3.56. The van der Waals surface area contributed by atoms with Gasteiger partial charge in [0.05, 0.1) is 20.0 Å². The third-order valence-corrected chi connectivity index (χ3v) is 7.70. The molecule has 0 fully saturated rings. The first-order valence-corrected chi connectivity index (χ1v) is 13.5. The van der Waals surface area contributed by atoms with E-state index in [1.54, 1.807) is 26.5 Å². The molecule has 0 aliphatic carbocycles. The Kier molecular flexibility index (Phi) is 8.86. The second-order valence-corrected chi connectivity index (χ2v) is 10.5. The maximum absolute atomic E-state index is 12.6. The second kappa shape index (κ2) is 12.3. The Morgan fingerprint density at radius 3 is 2.73 bits per heavy atom. The molecule has 0 aliphatic rings. The Balaban J connectivity index is 1.40. The van der Waals surface area contributed by atoms with Crippen LogP contribution in [0.2, 0.25) is 5.02 Å². The van der Waals surface area contributed by atoms with E-state index in [0.717, 1.165) is 26.6 Å². The van der Waals surface area contributed by atoms with Crippen molar-refractivity contribution in [1.29, 1.82) is 0 Å². The van der Waals surface area contributed by atoms with Gasteiger partial charge < -0.3 is 14.8 Å². The lowest BCUT2D eigenvalue weighted by Gasteiger charge is -2.11. The van der Waals surface area contributed by atoms with Crippen LogP contribution >= 0.6 is 34.7 Å². The Labute approximate surface area is 228 Å². The number of rotatable bonds is 11. The largest absolute Gasteiger partial charge is 0.493 e. The molecule has 0 spiro atoms. The highest BCUT2D eigenvalue weighted by Gasteiger charge is 2.17. The van der Waals surface area contributed by atoms with E-state index in [0.29, 0.717) is 40.6 Å². The average Bonchev–Trinajstić information content (AvgIpc) is 3.51. The van der Waals surface area contributed by atoms with E-state index in [4.69, 9.17) is 21.1 Å². The van der Waals surface area contributed by atoms with Crippen molar-refractivity contribution in [3.8, 4) is 22.9 Å². The van der Waals surface area contributed by atoms with E-state index in [1.165, 1.54) is 23.1 Å². The number of allylic oxidation sites excluding steroid dienone is 1. The van der Waals surface area contributed by atoms with Gasteiger partial charge in [-0.05, 0) is 42.3 Å². The summed E-state index contributed by atoms with van der Waals surface area (Å²) in [6.07, 6.45) is 4.24. The molecule has 0 aliphatic heterocycles. The lowest BCUT2D eigenvalue weighted by atomic mass is 10.1. The molecule has 11 heteroatoms. The van der Waals surface area contributed by atoms with E-state index in [9.17, 15) is 4.79 Å². The summed E-state index contributed by atoms with van der Waals surface area (Å²) in [6, 6.07) is 11.6. The summed E-state index contributed by atoms with van der Waals surface area (Å²) >= 11 is 8.97. The fourth-order valence-corrected chi connectivity index (χ4v) is 5.37. The highest BCUT2D eigenvalue weighted by Crippen LogP contribution is 2.33. The van der Waals surface area contributed by atoms with Crippen LogP contribution in [0.1, 0.15) is 16.0 Å². The number of nitrogens with one attached hydrogen (secondary N) is 1. The number of anilines is 1. The molecule has 4 rings (SSSR count). The molecule has 0 radical (unpaired) electrons. The third kappa shape index (κ3) is 6.51. The molecule has 0 unspecified atom stereocenters. The molecular weight excluding hydrogens is 530 g/mol. The van der Waals surface area contributed by atoms with Crippen molar-refractivity contribution in [3.63, 3.8) is 0 Å². The van der Waals surface area contributed by atoms with Gasteiger partial charge in [-0.2, -0.15) is 0 Å². The summed E-state index contributed by atoms with van der Waals surface area (Å²) in [7, 11) is 3.17. The van der Waals surface area contributed by atoms with Gasteiger partial charge in [-0.25, -0.2) is 4.98 Å². The first-order valence-electron chi connectivity index (χ1n) is 11.3. The van der Waals surface area contributed by atoms with Gasteiger partial charge in [-0.1, -0.05) is 41.6 Å². The number of thiazole rings is 1. The van der Waals surface area contributed by atoms with E-state index in [1.807, 2.05) is 47.9 Å². The number of aryl methyl sites for hydroxylation is 1. The quantitative estimate of drug-likeness (QED) is 0.182. The summed E-state index contributed by atoms with van der Waals surface area (Å²) in [5, 5.41) is 13.4. The molecule has 192 valence electrons. The fraction of sp³-hybridized carbons (Fsp3) is 0.231. The lowest BCUT2D eigenvalue weighted by Crippen LogP contribution is -2.14. The number of benzene rings is 2. The predicted octanol–water partition coefficient (Wildman–Crippen LogP) is 5.89. The van der Waals surface area contributed by atoms with E-state index >= 15 is 0 Å². The monoisotopic (exact) mass is 555 g/mol. The summed E-state index contributed by atoms with van der Waals surface area (Å²) in [6.45, 7) is 6.30. The zero-order valence-electron chi connectivity index (χ0n) is 20.7. The number of halogens is 1. The number of aromatic nitrogens is 4. The number of carbonyl (C=O) groups is 1. The summed E-state index contributed by atoms with van der Waals surface area (Å²) in [4.78, 5) is 18.0. The molecule has 4 aromatic rings. The minimum absolute atomic E-state index is 0.156. The number of amides is 1. The van der Waals surface area contributed by atoms with E-state index in [-0.39, 0.29) is 11.7 Å². The van der Waals surface area contributed by atoms with E-state index in [2.05, 4.69) is 27.1 Å². The van der Waals surface area contributed by atoms with Crippen molar-refractivity contribution in [2.45, 2.75) is 25.0 Å². The van der Waals surface area contributed by atoms with Gasteiger partial charge in [-0.3, -0.25) is 9.36 Å². The van der Waals surface area contributed by atoms with Crippen molar-refractivity contribution in [1.82, 2.24) is 19.7 Å². The SMILES string of the molecule is C=CCn1c(SCC(=O)Nc2ncc(Cc3ccc(C)c(Cl)c3)s2)nnc1-c1ccc(OC)c(OC)c1. The molecule has 2 heterocycles. The third-order valence-electron chi connectivity index (χ3n) is 5.42. The highest BCUT2D eigenvalue weighted by molar-refractivity contribution is 7.99. The molecule has 2 aromatic heterocycles. The van der Waals surface area contributed by atoms with Crippen molar-refractivity contribution >= 4 is 45.7 Å². The average molecular weight is 556 g/mol. The van der Waals surface area contributed by atoms with Crippen molar-refractivity contribution in [2.24, 2.45) is 0 Å². The maximum Gasteiger partial charge on any atom is 0.236 e. The number of ether oxygens (including phenoxy) is 2. The molecule has 0 saturated heterocycles. The van der Waals surface area contributed by atoms with Crippen LogP contribution in [0.3, 0.4) is 0 Å². The van der Waals surface area contributed by atoms with Gasteiger partial charge in [0.15, 0.2) is 27.6 Å². The summed E-state index contributed by atoms with van der Waals surface area (Å²) < 4.78 is 12.6. The van der Waals surface area contributed by atoms with Crippen LogP contribution < -0.4 is 14.8 Å². The first kappa shape index (κ1) is 26.7. The Morgan fingerprint density at radius 2 is 2.00 bits per heavy atom. The lowest BCUT2D eigenvalue weighted by molar-refractivity contribution is -0.113. The van der Waals surface area contributed by atoms with Crippen LogP contribution in [0, 0.1) is 6.92 Å². The smallest absolute Gasteiger partial charge is 0.236 e. The minimum Gasteiger partial charge on any atom is -0.493 e. The van der Waals surface area contributed by atoms with Crippen molar-refractivity contribution in [3.05, 3.63) is 76.3 Å². The van der Waals surface area contributed by atoms with Crippen LogP contribution in [-0.4, -0.2) is 45.6 Å². The van der Waals surface area contributed by atoms with Crippen molar-refractivity contribution < 1.29 is 14.3 Å². The predicted molar refractivity (Wildman–Crippen MR) is 149 cm³/mol. The Bertz CT molecular complexity index is 1420. The normalized spacial score (nSPS) is 10.8. The van der Waals surface area contributed by atoms with Crippen LogP contribution in [0.4, 0.5) is 5.13 Å². The first-order chi connectivity index (χ1) is 17.9. The Morgan fingerprint density at radius 1 is 1.19 bits per heavy atom. The minimum atomic E-state index is -0.176. The number of carbonyl (C=O) groups excluding carboxylic acids is 1. The summed E-state index contributed by atoms with van der Waals surface area (Å²) in [5.41, 5.74) is 2.95. The molecule has 8 nitrogen and oxygen atoms in total. The maximum atomic E-state index is 12.6. The molecule has 1 amide bonds. The van der Waals surface area contributed by atoms with Crippen molar-refractivity contribution in [2.75, 3.05) is 25.3 Å². The van der Waals surface area contributed by atoms with Crippen LogP contribution in [-0.2, 0) is 17.8 Å². The highest BCUT2D eigenvalue weighted by atomic mass is 35.5. The van der Waals surface area contributed by atoms with Gasteiger partial charge in [0.25, 0.3) is 0 Å². The number of hydrogen-bond acceptors (Lipinski definition) is 8. The molecule has 0 atom stereocenters. The number of methoxy groups -OCH3 is 2. The summed E-state index contributed by atoms with van der Waals surface area (Å²) in [5.74, 6) is 1.84. The molecule has 37 heavy (non-hydrogen) atoms. The zero-order valence-corrected chi connectivity index (χ0v) is 23.0. The van der Waals surface area contributed by atoms with Gasteiger partial charge in [0, 0.05) is 34.6 Å². The molecule has 0 bridgehead atoms. The second-order valence-electron chi connectivity index (χ2n) is 8.00. The Hall–Kier alpha value is -3.34. The van der Waals surface area contributed by atoms with Crippen LogP contribution in [0.15, 0.2) is 60.4 Å². The topological polar surface area (TPSA) is 91.2 Å². The number of hydrogen-bond donors (Lipinski definition) is 1. The van der Waals surface area contributed by atoms with Crippen LogP contribution in [0.25, 0.3) is 11.4 Å². The molecule has 1 N–H and O–H groups in total. The van der Waals surface area contributed by atoms with Crippen LogP contribution in [0.5, 0.6) is 11.5 Å². The number of thioether (sulfide) groups is 1. The molecular formula is C26H26ClN5O3S2. The van der Waals surface area contributed by atoms with Gasteiger partial charge in [0.1, 0.15) is 0 Å². The zero-order chi connectivity index (χ0) is 26.4. The molecule has 2 aromatic carbocycles. The number of nitrogens with zero attached hydrogens (tertiary/aromatic N) is 4. The van der Waals surface area contributed by atoms with E-state index < -0.39 is 0 Å². The van der Waals surface area contributed by atoms with Gasteiger partial charge >= 0.3 is 0 Å². The van der Waals surface area contributed by atoms with Gasteiger partial charge in [-0.15, -0.1) is 28.1 Å². The standard InChI is InChI=1S/C26H26ClN5O3S2/c1-5-10-32-24(18-8-9-21(34-3)22(13-18)35-4)30-31-26(32)36-15-23(33)29-25-28-14-19(37-25)11-17-7-6-16(2)20(27)12-17/h5-9,12-14H,1,10-11,15H2,2-4H3,(H,28,29,33). The van der Waals surface area contributed by atoms with Gasteiger partial charge in [0.2, 0.25) is 5.91 Å². The molecule has 0 saturated carbocycles.